The molecule has 0 aliphatic heterocycles. The molecule has 4 aromatic rings. The molecule has 0 bridgehead atoms. The largest absolute Gasteiger partial charge is 0.354 e. The number of hydrogen-bond donors (Lipinski definition) is 1. The first kappa shape index (κ1) is 33.9. The maximum Gasteiger partial charge on any atom is 0.271 e. The molecule has 0 heterocycles. The van der Waals surface area contributed by atoms with Gasteiger partial charge in [-0.15, -0.1) is 0 Å². The summed E-state index contributed by atoms with van der Waals surface area (Å²) in [6.07, 6.45) is 0.185. The Balaban J connectivity index is 1.83. The highest BCUT2D eigenvalue weighted by Gasteiger charge is 2.35. The molecule has 11 heteroatoms. The van der Waals surface area contributed by atoms with Crippen molar-refractivity contribution >= 4 is 33.2 Å². The van der Waals surface area contributed by atoms with Crippen molar-refractivity contribution in [3.63, 3.8) is 0 Å². The van der Waals surface area contributed by atoms with Crippen molar-refractivity contribution < 1.29 is 22.9 Å². The van der Waals surface area contributed by atoms with Gasteiger partial charge in [0.25, 0.3) is 15.7 Å². The lowest BCUT2D eigenvalue weighted by Crippen LogP contribution is -2.53. The zero-order valence-electron chi connectivity index (χ0n) is 26.1. The molecule has 46 heavy (non-hydrogen) atoms. The van der Waals surface area contributed by atoms with E-state index < -0.39 is 33.4 Å². The third-order valence-electron chi connectivity index (χ3n) is 7.50. The zero-order valence-corrected chi connectivity index (χ0v) is 26.9. The first-order chi connectivity index (χ1) is 22.0. The molecule has 0 saturated heterocycles. The summed E-state index contributed by atoms with van der Waals surface area (Å²) in [5.41, 5.74) is 2.13. The Labute approximate surface area is 269 Å². The Morgan fingerprint density at radius 2 is 1.50 bits per heavy atom. The molecule has 0 radical (unpaired) electrons. The fourth-order valence-electron chi connectivity index (χ4n) is 4.96. The Bertz CT molecular complexity index is 1760. The number of non-ortho nitro benzene ring substituents is 1. The number of rotatable bonds is 14. The molecule has 1 atom stereocenters. The second kappa shape index (κ2) is 15.3. The topological polar surface area (TPSA) is 130 Å². The number of carbonyl (C=O) groups is 2. The van der Waals surface area contributed by atoms with Crippen LogP contribution in [0.5, 0.6) is 0 Å². The fraction of sp³-hybridized carbons (Fsp3) is 0.257. The first-order valence-electron chi connectivity index (χ1n) is 14.9. The maximum atomic E-state index is 14.5. The van der Waals surface area contributed by atoms with Crippen LogP contribution in [0, 0.1) is 23.0 Å². The zero-order chi connectivity index (χ0) is 33.3. The van der Waals surface area contributed by atoms with Crippen LogP contribution in [0.3, 0.4) is 0 Å². The number of amides is 2. The summed E-state index contributed by atoms with van der Waals surface area (Å²) in [7, 11) is -4.37. The Hall–Kier alpha value is -5.03. The monoisotopic (exact) mass is 642 g/mol. The van der Waals surface area contributed by atoms with E-state index in [0.717, 1.165) is 27.1 Å². The molecule has 0 aliphatic carbocycles. The Morgan fingerprint density at radius 1 is 0.870 bits per heavy atom. The molecule has 2 amide bonds. The van der Waals surface area contributed by atoms with Gasteiger partial charge in [-0.3, -0.25) is 24.0 Å². The van der Waals surface area contributed by atoms with Crippen molar-refractivity contribution in [2.75, 3.05) is 17.4 Å². The number of hydrogen-bond acceptors (Lipinski definition) is 6. The molecule has 4 aromatic carbocycles. The standard InChI is InChI=1S/C35H38N4O6S/c1-26(2)23-36-35(41)33(21-28-14-6-4-7-15-28)37(24-29-16-11-10-13-27(29)3)34(40)25-38(30-17-12-18-31(22-30)39(42)43)46(44,45)32-19-8-5-9-20-32/h4-20,22,26,33H,21,23-25H2,1-3H3,(H,36,41)/t33-/m0/s1. The van der Waals surface area contributed by atoms with Gasteiger partial charge in [0, 0.05) is 31.6 Å². The van der Waals surface area contributed by atoms with Crippen LogP contribution in [-0.4, -0.2) is 49.2 Å². The molecule has 0 saturated carbocycles. The van der Waals surface area contributed by atoms with Gasteiger partial charge in [0.05, 0.1) is 15.5 Å². The number of aryl methyl sites for hydroxylation is 1. The number of nitrogens with zero attached hydrogens (tertiary/aromatic N) is 3. The van der Waals surface area contributed by atoms with Crippen LogP contribution >= 0.6 is 0 Å². The van der Waals surface area contributed by atoms with Gasteiger partial charge in [0.15, 0.2) is 0 Å². The molecule has 10 nitrogen and oxygen atoms in total. The van der Waals surface area contributed by atoms with Crippen LogP contribution in [0.2, 0.25) is 0 Å². The first-order valence-corrected chi connectivity index (χ1v) is 16.4. The second-order valence-electron chi connectivity index (χ2n) is 11.4. The van der Waals surface area contributed by atoms with Crippen LogP contribution in [0.4, 0.5) is 11.4 Å². The van der Waals surface area contributed by atoms with E-state index in [1.54, 1.807) is 18.2 Å². The van der Waals surface area contributed by atoms with Crippen molar-refractivity contribution in [1.82, 2.24) is 10.2 Å². The highest BCUT2D eigenvalue weighted by molar-refractivity contribution is 7.92. The average molecular weight is 643 g/mol. The number of sulfonamides is 1. The van der Waals surface area contributed by atoms with Crippen molar-refractivity contribution in [1.29, 1.82) is 0 Å². The SMILES string of the molecule is Cc1ccccc1CN(C(=O)CN(c1cccc([N+](=O)[O-])c1)S(=O)(=O)c1ccccc1)[C@@H](Cc1ccccc1)C(=O)NCC(C)C. The van der Waals surface area contributed by atoms with Gasteiger partial charge in [0.2, 0.25) is 11.8 Å². The van der Waals surface area contributed by atoms with E-state index in [4.69, 9.17) is 0 Å². The number of nitro groups is 1. The van der Waals surface area contributed by atoms with Crippen LogP contribution in [0.25, 0.3) is 0 Å². The van der Waals surface area contributed by atoms with Gasteiger partial charge < -0.3 is 10.2 Å². The summed E-state index contributed by atoms with van der Waals surface area (Å²) in [6.45, 7) is 5.55. The molecular formula is C35H38N4O6S. The lowest BCUT2D eigenvalue weighted by atomic mass is 10.0. The number of nitro benzene ring substituents is 1. The predicted octanol–water partition coefficient (Wildman–Crippen LogP) is 5.51. The van der Waals surface area contributed by atoms with Crippen molar-refractivity contribution in [2.24, 2.45) is 5.92 Å². The quantitative estimate of drug-likeness (QED) is 0.143. The van der Waals surface area contributed by atoms with Crippen molar-refractivity contribution in [3.05, 3.63) is 136 Å². The third kappa shape index (κ3) is 8.57. The average Bonchev–Trinajstić information content (AvgIpc) is 3.05. The highest BCUT2D eigenvalue weighted by atomic mass is 32.2. The van der Waals surface area contributed by atoms with E-state index in [1.807, 2.05) is 75.4 Å². The van der Waals surface area contributed by atoms with Crippen molar-refractivity contribution in [3.8, 4) is 0 Å². The van der Waals surface area contributed by atoms with Crippen LogP contribution in [-0.2, 0) is 32.6 Å². The molecule has 0 fully saturated rings. The Kier molecular flexibility index (Phi) is 11.3. The van der Waals surface area contributed by atoms with Gasteiger partial charge in [0.1, 0.15) is 12.6 Å². The minimum absolute atomic E-state index is 0.0340. The van der Waals surface area contributed by atoms with E-state index in [-0.39, 0.29) is 41.1 Å². The molecule has 0 aliphatic rings. The summed E-state index contributed by atoms with van der Waals surface area (Å²) in [5, 5.41) is 14.6. The van der Waals surface area contributed by atoms with Gasteiger partial charge in [-0.25, -0.2) is 8.42 Å². The molecule has 4 rings (SSSR count). The van der Waals surface area contributed by atoms with E-state index in [0.29, 0.717) is 6.54 Å². The lowest BCUT2D eigenvalue weighted by Gasteiger charge is -2.34. The number of anilines is 1. The van der Waals surface area contributed by atoms with Crippen LogP contribution in [0.1, 0.15) is 30.5 Å². The maximum absolute atomic E-state index is 14.5. The summed E-state index contributed by atoms with van der Waals surface area (Å²) in [5.74, 6) is -0.857. The molecule has 0 aromatic heterocycles. The Morgan fingerprint density at radius 3 is 2.13 bits per heavy atom. The number of benzene rings is 4. The minimum Gasteiger partial charge on any atom is -0.354 e. The van der Waals surface area contributed by atoms with Gasteiger partial charge in [-0.1, -0.05) is 92.7 Å². The smallest absolute Gasteiger partial charge is 0.271 e. The molecule has 240 valence electrons. The number of nitrogens with one attached hydrogen (secondary N) is 1. The minimum atomic E-state index is -4.37. The van der Waals surface area contributed by atoms with E-state index >= 15 is 0 Å². The van der Waals surface area contributed by atoms with Crippen molar-refractivity contribution in [2.45, 2.75) is 44.7 Å². The van der Waals surface area contributed by atoms with Gasteiger partial charge in [-0.05, 0) is 47.7 Å². The highest BCUT2D eigenvalue weighted by Crippen LogP contribution is 2.28. The van der Waals surface area contributed by atoms with E-state index in [1.165, 1.54) is 35.2 Å². The predicted molar refractivity (Wildman–Crippen MR) is 178 cm³/mol. The lowest BCUT2D eigenvalue weighted by molar-refractivity contribution is -0.384. The van der Waals surface area contributed by atoms with E-state index in [2.05, 4.69) is 5.32 Å². The second-order valence-corrected chi connectivity index (χ2v) is 13.3. The van der Waals surface area contributed by atoms with Gasteiger partial charge in [-0.2, -0.15) is 0 Å². The normalized spacial score (nSPS) is 11.9. The summed E-state index contributed by atoms with van der Waals surface area (Å²) < 4.78 is 29.0. The summed E-state index contributed by atoms with van der Waals surface area (Å²) in [6, 6.07) is 28.5. The molecule has 0 unspecified atom stereocenters. The molecular weight excluding hydrogens is 604 g/mol. The van der Waals surface area contributed by atoms with Gasteiger partial charge >= 0.3 is 0 Å². The van der Waals surface area contributed by atoms with Crippen LogP contribution < -0.4 is 9.62 Å². The summed E-state index contributed by atoms with van der Waals surface area (Å²) >= 11 is 0. The fourth-order valence-corrected chi connectivity index (χ4v) is 6.38. The molecule has 1 N–H and O–H groups in total. The molecule has 0 spiro atoms. The third-order valence-corrected chi connectivity index (χ3v) is 9.28. The summed E-state index contributed by atoms with van der Waals surface area (Å²) in [4.78, 5) is 40.7. The number of carbonyl (C=O) groups excluding carboxylic acids is 2. The van der Waals surface area contributed by atoms with Crippen LogP contribution in [0.15, 0.2) is 114 Å². The van der Waals surface area contributed by atoms with E-state index in [9.17, 15) is 28.1 Å².